The van der Waals surface area contributed by atoms with Crippen LogP contribution in [0.3, 0.4) is 0 Å². The van der Waals surface area contributed by atoms with Gasteiger partial charge >= 0.3 is 0 Å². The molecule has 0 bridgehead atoms. The molecule has 0 saturated carbocycles. The largest absolute Gasteiger partial charge is 0.398 e. The van der Waals surface area contributed by atoms with E-state index < -0.39 is 0 Å². The quantitative estimate of drug-likeness (QED) is 0.852. The highest BCUT2D eigenvalue weighted by molar-refractivity contribution is 6.33. The Kier molecular flexibility index (Phi) is 3.99. The van der Waals surface area contributed by atoms with Gasteiger partial charge in [0, 0.05) is 11.1 Å². The molecule has 0 aliphatic rings. The van der Waals surface area contributed by atoms with Gasteiger partial charge in [-0.2, -0.15) is 0 Å². The predicted octanol–water partition coefficient (Wildman–Crippen LogP) is 3.02. The fourth-order valence-corrected chi connectivity index (χ4v) is 2.31. The van der Waals surface area contributed by atoms with Crippen LogP contribution in [0, 0.1) is 13.8 Å². The Balaban J connectivity index is 2.17. The van der Waals surface area contributed by atoms with E-state index in [9.17, 15) is 4.79 Å². The van der Waals surface area contributed by atoms with Crippen LogP contribution in [0.25, 0.3) is 0 Å². The van der Waals surface area contributed by atoms with Crippen LogP contribution in [0.4, 0.5) is 5.69 Å². The van der Waals surface area contributed by atoms with E-state index in [0.29, 0.717) is 22.0 Å². The van der Waals surface area contributed by atoms with Gasteiger partial charge in [0.15, 0.2) is 0 Å². The average Bonchev–Trinajstić information content (AvgIpc) is 2.72. The maximum atomic E-state index is 12.2. The van der Waals surface area contributed by atoms with Crippen LogP contribution in [0.1, 0.15) is 40.3 Å². The summed E-state index contributed by atoms with van der Waals surface area (Å²) in [5.41, 5.74) is 8.19. The highest BCUT2D eigenvalue weighted by Gasteiger charge is 2.19. The maximum absolute atomic E-state index is 12.2. The molecule has 5 nitrogen and oxygen atoms in total. The summed E-state index contributed by atoms with van der Waals surface area (Å²) in [6.07, 6.45) is 0. The lowest BCUT2D eigenvalue weighted by atomic mass is 10.1. The summed E-state index contributed by atoms with van der Waals surface area (Å²) in [6, 6.07) is 4.59. The smallest absolute Gasteiger partial charge is 0.251 e. The van der Waals surface area contributed by atoms with Crippen molar-refractivity contribution in [2.45, 2.75) is 26.8 Å². The zero-order valence-corrected chi connectivity index (χ0v) is 12.3. The molecule has 106 valence electrons. The van der Waals surface area contributed by atoms with Crippen molar-refractivity contribution in [3.63, 3.8) is 0 Å². The van der Waals surface area contributed by atoms with E-state index in [-0.39, 0.29) is 11.9 Å². The van der Waals surface area contributed by atoms with Crippen molar-refractivity contribution in [2.24, 2.45) is 0 Å². The number of halogens is 1. The van der Waals surface area contributed by atoms with E-state index >= 15 is 0 Å². The molecule has 6 heteroatoms. The Morgan fingerprint density at radius 2 is 2.15 bits per heavy atom. The third-order valence-electron chi connectivity index (χ3n) is 3.13. The molecule has 2 aromatic rings. The number of nitrogens with zero attached hydrogens (tertiary/aromatic N) is 1. The van der Waals surface area contributed by atoms with Crippen molar-refractivity contribution < 1.29 is 9.32 Å². The van der Waals surface area contributed by atoms with Gasteiger partial charge in [0.1, 0.15) is 5.76 Å². The zero-order chi connectivity index (χ0) is 14.9. The molecule has 0 aliphatic heterocycles. The minimum Gasteiger partial charge on any atom is -0.398 e. The Bertz CT molecular complexity index is 632. The molecule has 1 aromatic carbocycles. The van der Waals surface area contributed by atoms with Crippen LogP contribution in [-0.2, 0) is 0 Å². The number of rotatable bonds is 3. The molecular weight excluding hydrogens is 278 g/mol. The number of anilines is 1. The topological polar surface area (TPSA) is 81.2 Å². The first-order chi connectivity index (χ1) is 9.40. The molecule has 2 rings (SSSR count). The summed E-state index contributed by atoms with van der Waals surface area (Å²) < 4.78 is 5.10. The van der Waals surface area contributed by atoms with Gasteiger partial charge in [-0.05, 0) is 39.0 Å². The normalized spacial score (nSPS) is 12.2. The highest BCUT2D eigenvalue weighted by Crippen LogP contribution is 2.23. The molecule has 1 unspecified atom stereocenters. The van der Waals surface area contributed by atoms with Crippen molar-refractivity contribution in [1.82, 2.24) is 10.5 Å². The van der Waals surface area contributed by atoms with Gasteiger partial charge in [-0.25, -0.2) is 0 Å². The van der Waals surface area contributed by atoms with E-state index in [2.05, 4.69) is 10.5 Å². The van der Waals surface area contributed by atoms with Crippen molar-refractivity contribution in [2.75, 3.05) is 5.73 Å². The van der Waals surface area contributed by atoms with E-state index in [1.807, 2.05) is 20.8 Å². The number of amides is 1. The standard InChI is InChI=1S/C14H16ClN3O2/c1-7(13-8(2)18-20-9(13)3)17-14(19)10-4-5-12(16)11(15)6-10/h4-7H,16H2,1-3H3,(H,17,19). The minimum atomic E-state index is -0.223. The fourth-order valence-electron chi connectivity index (χ4n) is 2.13. The van der Waals surface area contributed by atoms with Gasteiger partial charge in [-0.3, -0.25) is 4.79 Å². The number of hydrogen-bond donors (Lipinski definition) is 2. The SMILES string of the molecule is Cc1noc(C)c1C(C)NC(=O)c1ccc(N)c(Cl)c1. The maximum Gasteiger partial charge on any atom is 0.251 e. The number of nitrogen functional groups attached to an aromatic ring is 1. The van der Waals surface area contributed by atoms with Gasteiger partial charge in [0.25, 0.3) is 5.91 Å². The number of aromatic nitrogens is 1. The molecule has 1 heterocycles. The second kappa shape index (κ2) is 5.54. The van der Waals surface area contributed by atoms with Crippen molar-refractivity contribution in [3.05, 3.63) is 45.8 Å². The lowest BCUT2D eigenvalue weighted by Gasteiger charge is -2.14. The molecule has 0 aliphatic carbocycles. The minimum absolute atomic E-state index is 0.204. The third-order valence-corrected chi connectivity index (χ3v) is 3.46. The van der Waals surface area contributed by atoms with Crippen molar-refractivity contribution >= 4 is 23.2 Å². The van der Waals surface area contributed by atoms with Gasteiger partial charge in [-0.15, -0.1) is 0 Å². The van der Waals surface area contributed by atoms with Crippen LogP contribution >= 0.6 is 11.6 Å². The van der Waals surface area contributed by atoms with Crippen LogP contribution < -0.4 is 11.1 Å². The molecule has 1 amide bonds. The summed E-state index contributed by atoms with van der Waals surface area (Å²) in [5.74, 6) is 0.477. The summed E-state index contributed by atoms with van der Waals surface area (Å²) in [6.45, 7) is 5.54. The van der Waals surface area contributed by atoms with E-state index in [0.717, 1.165) is 11.3 Å². The fraction of sp³-hybridized carbons (Fsp3) is 0.286. The van der Waals surface area contributed by atoms with E-state index in [1.165, 1.54) is 0 Å². The monoisotopic (exact) mass is 293 g/mol. The van der Waals surface area contributed by atoms with Crippen LogP contribution in [-0.4, -0.2) is 11.1 Å². The molecule has 0 fully saturated rings. The number of benzene rings is 1. The summed E-state index contributed by atoms with van der Waals surface area (Å²) in [4.78, 5) is 12.2. The predicted molar refractivity (Wildman–Crippen MR) is 77.7 cm³/mol. The summed E-state index contributed by atoms with van der Waals surface area (Å²) >= 11 is 5.91. The second-order valence-electron chi connectivity index (χ2n) is 4.67. The molecule has 3 N–H and O–H groups in total. The van der Waals surface area contributed by atoms with Gasteiger partial charge in [-0.1, -0.05) is 16.8 Å². The molecule has 1 atom stereocenters. The van der Waals surface area contributed by atoms with Crippen LogP contribution in [0.15, 0.2) is 22.7 Å². The lowest BCUT2D eigenvalue weighted by molar-refractivity contribution is 0.0939. The zero-order valence-electron chi connectivity index (χ0n) is 11.5. The van der Waals surface area contributed by atoms with Gasteiger partial charge in [0.2, 0.25) is 0 Å². The Labute approximate surface area is 122 Å². The number of carbonyl (C=O) groups excluding carboxylic acids is 1. The lowest BCUT2D eigenvalue weighted by Crippen LogP contribution is -2.27. The molecular formula is C14H16ClN3O2. The summed E-state index contributed by atoms with van der Waals surface area (Å²) in [5, 5.41) is 7.13. The molecule has 20 heavy (non-hydrogen) atoms. The number of nitrogens with one attached hydrogen (secondary N) is 1. The van der Waals surface area contributed by atoms with Crippen LogP contribution in [0.5, 0.6) is 0 Å². The molecule has 1 aromatic heterocycles. The van der Waals surface area contributed by atoms with E-state index in [1.54, 1.807) is 18.2 Å². The third kappa shape index (κ3) is 2.77. The molecule has 0 radical (unpaired) electrons. The first kappa shape index (κ1) is 14.4. The number of aryl methyl sites for hydroxylation is 2. The first-order valence-electron chi connectivity index (χ1n) is 6.18. The van der Waals surface area contributed by atoms with Crippen LogP contribution in [0.2, 0.25) is 5.02 Å². The van der Waals surface area contributed by atoms with Crippen molar-refractivity contribution in [3.8, 4) is 0 Å². The van der Waals surface area contributed by atoms with Crippen molar-refractivity contribution in [1.29, 1.82) is 0 Å². The van der Waals surface area contributed by atoms with E-state index in [4.69, 9.17) is 21.9 Å². The van der Waals surface area contributed by atoms with Gasteiger partial charge < -0.3 is 15.6 Å². The second-order valence-corrected chi connectivity index (χ2v) is 5.08. The highest BCUT2D eigenvalue weighted by atomic mass is 35.5. The Morgan fingerprint density at radius 1 is 1.45 bits per heavy atom. The number of nitrogens with two attached hydrogens (primary N) is 1. The van der Waals surface area contributed by atoms with Gasteiger partial charge in [0.05, 0.1) is 22.4 Å². The summed E-state index contributed by atoms with van der Waals surface area (Å²) in [7, 11) is 0. The molecule has 0 saturated heterocycles. The number of hydrogen-bond acceptors (Lipinski definition) is 4. The number of carbonyl (C=O) groups is 1. The Morgan fingerprint density at radius 3 is 2.70 bits per heavy atom. The first-order valence-corrected chi connectivity index (χ1v) is 6.56. The Hall–Kier alpha value is -2.01. The molecule has 0 spiro atoms. The average molecular weight is 294 g/mol.